The SMILES string of the molecule is c1ccc(-n2c3cccc4ccc5c(N(c6ccc(-c7ccc(N(c8cccc9ccccc89)c8ccc9c%10c8ccc8cccc(c8%10)n9-c8ccccc8)cc7)cc6)c6cccc7ccccc67)ccc2c5c43)cc1. The van der Waals surface area contributed by atoms with Gasteiger partial charge in [0, 0.05) is 65.8 Å². The average molecular weight is 967 g/mol. The molecule has 0 fully saturated rings. The van der Waals surface area contributed by atoms with E-state index in [1.807, 2.05) is 0 Å². The van der Waals surface area contributed by atoms with Gasteiger partial charge in [0.2, 0.25) is 0 Å². The summed E-state index contributed by atoms with van der Waals surface area (Å²) in [5, 5.41) is 14.9. The lowest BCUT2D eigenvalue weighted by atomic mass is 9.98. The minimum absolute atomic E-state index is 1.09. The molecule has 0 N–H and O–H groups in total. The van der Waals surface area contributed by atoms with Crippen molar-refractivity contribution in [3.63, 3.8) is 0 Å². The molecular formula is C72H46N4. The number of aromatic nitrogens is 2. The number of hydrogen-bond donors (Lipinski definition) is 0. The van der Waals surface area contributed by atoms with Crippen LogP contribution in [-0.2, 0) is 0 Å². The van der Waals surface area contributed by atoms with Gasteiger partial charge >= 0.3 is 0 Å². The second kappa shape index (κ2) is 16.7. The van der Waals surface area contributed by atoms with Crippen LogP contribution in [0.2, 0.25) is 0 Å². The molecule has 0 saturated carbocycles. The fourth-order valence-electron chi connectivity index (χ4n) is 12.7. The summed E-state index contributed by atoms with van der Waals surface area (Å²) in [7, 11) is 0. The number of nitrogens with zero attached hydrogens (tertiary/aromatic N) is 4. The van der Waals surface area contributed by atoms with Gasteiger partial charge in [-0.05, 0) is 130 Å². The molecule has 2 aromatic heterocycles. The fraction of sp³-hybridized carbons (Fsp3) is 0. The largest absolute Gasteiger partial charge is 0.309 e. The minimum atomic E-state index is 1.09. The van der Waals surface area contributed by atoms with Crippen molar-refractivity contribution in [2.24, 2.45) is 0 Å². The van der Waals surface area contributed by atoms with E-state index >= 15 is 0 Å². The lowest BCUT2D eigenvalue weighted by molar-refractivity contribution is 1.18. The molecule has 0 bridgehead atoms. The maximum absolute atomic E-state index is 2.47. The van der Waals surface area contributed by atoms with Crippen molar-refractivity contribution in [3.05, 3.63) is 279 Å². The number of benzene rings is 14. The molecule has 4 heteroatoms. The van der Waals surface area contributed by atoms with Gasteiger partial charge in [0.05, 0.1) is 44.8 Å². The molecule has 0 saturated heterocycles. The highest BCUT2D eigenvalue weighted by Gasteiger charge is 2.26. The molecule has 0 aliphatic carbocycles. The zero-order chi connectivity index (χ0) is 49.8. The standard InChI is InChI=1S/C72H46N4/c1-3-21-53(22-4-1)75-65-29-13-19-51-35-41-59-63(43-45-67(75)71(59)69(51)65)73(61-27-11-17-49-15-7-9-25-57(49)61)55-37-31-47(32-38-55)48-33-39-56(40-34-48)74(62-28-12-18-50-16-8-10-26-58(50)62)64-44-46-68-72-60(64)42-36-52-20-14-30-66(70(52)72)76(68)54-23-5-2-6-24-54/h1-46H. The van der Waals surface area contributed by atoms with Gasteiger partial charge in [0.1, 0.15) is 0 Å². The summed E-state index contributed by atoms with van der Waals surface area (Å²) < 4.78 is 4.84. The van der Waals surface area contributed by atoms with Gasteiger partial charge in [-0.15, -0.1) is 0 Å². The Morgan fingerprint density at radius 1 is 0.211 bits per heavy atom. The fourth-order valence-corrected chi connectivity index (χ4v) is 12.7. The van der Waals surface area contributed by atoms with Gasteiger partial charge in [0.25, 0.3) is 0 Å². The number of hydrogen-bond acceptors (Lipinski definition) is 2. The van der Waals surface area contributed by atoms with E-state index in [0.717, 1.165) is 56.6 Å². The van der Waals surface area contributed by atoms with Crippen LogP contribution in [0, 0.1) is 0 Å². The predicted molar refractivity (Wildman–Crippen MR) is 322 cm³/mol. The van der Waals surface area contributed by atoms with Crippen LogP contribution in [0.4, 0.5) is 34.1 Å². The topological polar surface area (TPSA) is 16.3 Å². The van der Waals surface area contributed by atoms with E-state index < -0.39 is 0 Å². The third kappa shape index (κ3) is 6.31. The first kappa shape index (κ1) is 42.4. The number of fused-ring (bicyclic) bond motifs is 2. The number of rotatable bonds is 9. The second-order valence-corrected chi connectivity index (χ2v) is 20.0. The number of para-hydroxylation sites is 2. The van der Waals surface area contributed by atoms with Crippen LogP contribution in [0.5, 0.6) is 0 Å². The Kier molecular flexibility index (Phi) is 9.30. The van der Waals surface area contributed by atoms with Crippen molar-refractivity contribution < 1.29 is 0 Å². The van der Waals surface area contributed by atoms with Crippen LogP contribution < -0.4 is 9.80 Å². The Labute approximate surface area is 439 Å². The second-order valence-electron chi connectivity index (χ2n) is 20.0. The van der Waals surface area contributed by atoms with Crippen molar-refractivity contribution in [1.82, 2.24) is 9.13 Å². The molecule has 14 aromatic carbocycles. The highest BCUT2D eigenvalue weighted by molar-refractivity contribution is 6.28. The summed E-state index contributed by atoms with van der Waals surface area (Å²) in [6.07, 6.45) is 0. The molecule has 0 atom stereocenters. The molecule has 0 spiro atoms. The van der Waals surface area contributed by atoms with Gasteiger partial charge in [-0.1, -0.05) is 182 Å². The minimum Gasteiger partial charge on any atom is -0.309 e. The first-order valence-electron chi connectivity index (χ1n) is 26.2. The molecule has 0 radical (unpaired) electrons. The molecular weight excluding hydrogens is 921 g/mol. The molecule has 16 rings (SSSR count). The van der Waals surface area contributed by atoms with Crippen LogP contribution in [-0.4, -0.2) is 9.13 Å². The molecule has 0 aliphatic heterocycles. The van der Waals surface area contributed by atoms with Crippen molar-refractivity contribution in [2.45, 2.75) is 0 Å². The molecule has 16 aromatic rings. The maximum atomic E-state index is 2.47. The van der Waals surface area contributed by atoms with Gasteiger partial charge in [-0.25, -0.2) is 0 Å². The normalized spacial score (nSPS) is 11.9. The molecule has 0 aliphatic rings. The van der Waals surface area contributed by atoms with E-state index in [-0.39, 0.29) is 0 Å². The Hall–Kier alpha value is -10.2. The zero-order valence-corrected chi connectivity index (χ0v) is 41.3. The quantitative estimate of drug-likeness (QED) is 0.134. The molecule has 354 valence electrons. The van der Waals surface area contributed by atoms with E-state index in [9.17, 15) is 0 Å². The Balaban J connectivity index is 0.833. The van der Waals surface area contributed by atoms with Crippen LogP contribution in [0.3, 0.4) is 0 Å². The van der Waals surface area contributed by atoms with Crippen molar-refractivity contribution >= 4 is 121 Å². The van der Waals surface area contributed by atoms with E-state index in [2.05, 4.69) is 298 Å². The maximum Gasteiger partial charge on any atom is 0.0548 e. The summed E-state index contributed by atoms with van der Waals surface area (Å²) >= 11 is 0. The van der Waals surface area contributed by atoms with E-state index in [0.29, 0.717) is 0 Å². The summed E-state index contributed by atoms with van der Waals surface area (Å²) in [5.74, 6) is 0. The van der Waals surface area contributed by atoms with Gasteiger partial charge in [-0.3, -0.25) is 0 Å². The van der Waals surface area contributed by atoms with Gasteiger partial charge in [-0.2, -0.15) is 0 Å². The molecule has 2 heterocycles. The van der Waals surface area contributed by atoms with Crippen LogP contribution >= 0.6 is 0 Å². The molecule has 0 unspecified atom stereocenters. The summed E-state index contributed by atoms with van der Waals surface area (Å²) in [6.45, 7) is 0. The number of anilines is 6. The Morgan fingerprint density at radius 2 is 0.566 bits per heavy atom. The first-order chi connectivity index (χ1) is 37.7. The zero-order valence-electron chi connectivity index (χ0n) is 41.3. The average Bonchev–Trinajstić information content (AvgIpc) is 4.16. The van der Waals surface area contributed by atoms with Gasteiger partial charge < -0.3 is 18.9 Å². The third-order valence-electron chi connectivity index (χ3n) is 16.0. The predicted octanol–water partition coefficient (Wildman–Crippen LogP) is 20.0. The van der Waals surface area contributed by atoms with Crippen molar-refractivity contribution in [3.8, 4) is 22.5 Å². The Morgan fingerprint density at radius 3 is 1.01 bits per heavy atom. The lowest BCUT2D eigenvalue weighted by Crippen LogP contribution is -2.11. The molecule has 4 nitrogen and oxygen atoms in total. The van der Waals surface area contributed by atoms with E-state index in [4.69, 9.17) is 0 Å². The van der Waals surface area contributed by atoms with E-state index in [1.54, 1.807) is 0 Å². The van der Waals surface area contributed by atoms with Crippen molar-refractivity contribution in [1.29, 1.82) is 0 Å². The smallest absolute Gasteiger partial charge is 0.0548 e. The molecule has 76 heavy (non-hydrogen) atoms. The monoisotopic (exact) mass is 966 g/mol. The Bertz CT molecular complexity index is 4540. The lowest BCUT2D eigenvalue weighted by Gasteiger charge is -2.29. The summed E-state index contributed by atoms with van der Waals surface area (Å²) in [6, 6.07) is 103. The highest BCUT2D eigenvalue weighted by Crippen LogP contribution is 2.50. The first-order valence-corrected chi connectivity index (χ1v) is 26.2. The van der Waals surface area contributed by atoms with Crippen LogP contribution in [0.1, 0.15) is 0 Å². The van der Waals surface area contributed by atoms with Gasteiger partial charge in [0.15, 0.2) is 0 Å². The third-order valence-corrected chi connectivity index (χ3v) is 16.0. The van der Waals surface area contributed by atoms with Crippen LogP contribution in [0.15, 0.2) is 279 Å². The van der Waals surface area contributed by atoms with Crippen LogP contribution in [0.25, 0.3) is 109 Å². The summed E-state index contributed by atoms with van der Waals surface area (Å²) in [5.41, 5.74) is 16.2. The van der Waals surface area contributed by atoms with Crippen molar-refractivity contribution in [2.75, 3.05) is 9.80 Å². The summed E-state index contributed by atoms with van der Waals surface area (Å²) in [4.78, 5) is 4.93. The van der Waals surface area contributed by atoms with E-state index in [1.165, 1.54) is 86.7 Å². The highest BCUT2D eigenvalue weighted by atomic mass is 15.2. The molecule has 0 amide bonds.